The highest BCUT2D eigenvalue weighted by Gasteiger charge is 2.46. The van der Waals surface area contributed by atoms with Crippen LogP contribution in [0.15, 0.2) is 0 Å². The Labute approximate surface area is 111 Å². The van der Waals surface area contributed by atoms with Crippen molar-refractivity contribution >= 4 is 11.9 Å². The zero-order valence-corrected chi connectivity index (χ0v) is 11.4. The largest absolute Gasteiger partial charge is 0.481 e. The summed E-state index contributed by atoms with van der Waals surface area (Å²) >= 11 is 0. The second-order valence-corrected chi connectivity index (χ2v) is 5.45. The van der Waals surface area contributed by atoms with Crippen molar-refractivity contribution in [3.63, 3.8) is 0 Å². The molecule has 1 fully saturated rings. The van der Waals surface area contributed by atoms with Crippen molar-refractivity contribution in [1.29, 1.82) is 0 Å². The van der Waals surface area contributed by atoms with Crippen LogP contribution in [0, 0.1) is 19.3 Å². The first-order valence-corrected chi connectivity index (χ1v) is 6.42. The van der Waals surface area contributed by atoms with Crippen LogP contribution in [0.25, 0.3) is 0 Å². The Morgan fingerprint density at radius 3 is 2.68 bits per heavy atom. The number of carboxylic acid groups (broad SMARTS) is 1. The molecule has 0 spiro atoms. The molecule has 3 N–H and O–H groups in total. The molecule has 2 unspecified atom stereocenters. The van der Waals surface area contributed by atoms with E-state index >= 15 is 0 Å². The fourth-order valence-electron chi connectivity index (χ4n) is 2.77. The minimum absolute atomic E-state index is 0.247. The predicted molar refractivity (Wildman–Crippen MR) is 68.9 cm³/mol. The monoisotopic (exact) mass is 265 g/mol. The van der Waals surface area contributed by atoms with Gasteiger partial charge in [0.2, 0.25) is 0 Å². The van der Waals surface area contributed by atoms with Crippen LogP contribution in [-0.2, 0) is 4.79 Å². The minimum atomic E-state index is -0.874. The highest BCUT2D eigenvalue weighted by Crippen LogP contribution is 2.38. The lowest BCUT2D eigenvalue weighted by molar-refractivity contribution is -0.148. The van der Waals surface area contributed by atoms with Gasteiger partial charge in [-0.3, -0.25) is 14.7 Å². The van der Waals surface area contributed by atoms with Crippen molar-refractivity contribution in [3.05, 3.63) is 17.0 Å². The van der Waals surface area contributed by atoms with Gasteiger partial charge in [0.15, 0.2) is 0 Å². The third-order valence-corrected chi connectivity index (χ3v) is 4.11. The summed E-state index contributed by atoms with van der Waals surface area (Å²) in [7, 11) is 0. The number of aromatic amines is 1. The molecule has 2 atom stereocenters. The topological polar surface area (TPSA) is 95.1 Å². The summed E-state index contributed by atoms with van der Waals surface area (Å²) in [5, 5.41) is 18.9. The smallest absolute Gasteiger partial charge is 0.311 e. The molecule has 104 valence electrons. The van der Waals surface area contributed by atoms with E-state index in [1.807, 2.05) is 0 Å². The third kappa shape index (κ3) is 2.22. The van der Waals surface area contributed by atoms with Gasteiger partial charge in [0.05, 0.1) is 16.7 Å². The molecule has 2 rings (SSSR count). The van der Waals surface area contributed by atoms with Gasteiger partial charge in [-0.15, -0.1) is 0 Å². The van der Waals surface area contributed by atoms with Gasteiger partial charge in [0.25, 0.3) is 5.91 Å². The molecular formula is C13H19N3O3. The lowest BCUT2D eigenvalue weighted by Crippen LogP contribution is -2.47. The summed E-state index contributed by atoms with van der Waals surface area (Å²) in [4.78, 5) is 23.6. The van der Waals surface area contributed by atoms with E-state index in [0.717, 1.165) is 6.42 Å². The van der Waals surface area contributed by atoms with Crippen molar-refractivity contribution in [2.24, 2.45) is 5.41 Å². The molecule has 1 heterocycles. The normalized spacial score (nSPS) is 26.4. The predicted octanol–water partition coefficient (Wildman–Crippen LogP) is 1.40. The molecule has 1 aromatic rings. The molecule has 1 aromatic heterocycles. The first kappa shape index (κ1) is 13.6. The minimum Gasteiger partial charge on any atom is -0.481 e. The fourth-order valence-corrected chi connectivity index (χ4v) is 2.77. The van der Waals surface area contributed by atoms with Crippen molar-refractivity contribution in [2.45, 2.75) is 46.1 Å². The summed E-state index contributed by atoms with van der Waals surface area (Å²) in [5.74, 6) is -1.10. The molecule has 6 heteroatoms. The zero-order chi connectivity index (χ0) is 14.2. The molecule has 0 aliphatic heterocycles. The Hall–Kier alpha value is -1.85. The van der Waals surface area contributed by atoms with E-state index in [-0.39, 0.29) is 11.9 Å². The van der Waals surface area contributed by atoms with Crippen molar-refractivity contribution in [1.82, 2.24) is 15.5 Å². The highest BCUT2D eigenvalue weighted by atomic mass is 16.4. The van der Waals surface area contributed by atoms with Gasteiger partial charge >= 0.3 is 5.97 Å². The summed E-state index contributed by atoms with van der Waals surface area (Å²) in [5.41, 5.74) is 0.969. The standard InChI is InChI=1S/C13H19N3O3/c1-7-10(8(2)16-15-7)11(17)14-9-5-4-6-13(9,3)12(18)19/h9H,4-6H2,1-3H3,(H,14,17)(H,15,16)(H,18,19). The summed E-state index contributed by atoms with van der Waals surface area (Å²) in [6, 6.07) is -0.328. The summed E-state index contributed by atoms with van der Waals surface area (Å²) in [6.45, 7) is 5.23. The summed E-state index contributed by atoms with van der Waals surface area (Å²) in [6.07, 6.45) is 2.11. The Morgan fingerprint density at radius 2 is 2.16 bits per heavy atom. The number of aliphatic carboxylic acids is 1. The molecular weight excluding hydrogens is 246 g/mol. The number of carboxylic acids is 1. The molecule has 1 aliphatic rings. The van der Waals surface area contributed by atoms with Gasteiger partial charge in [-0.2, -0.15) is 5.10 Å². The van der Waals surface area contributed by atoms with Gasteiger partial charge in [-0.25, -0.2) is 0 Å². The molecule has 6 nitrogen and oxygen atoms in total. The zero-order valence-electron chi connectivity index (χ0n) is 11.4. The number of nitrogens with zero attached hydrogens (tertiary/aromatic N) is 1. The Bertz CT molecular complexity index is 504. The van der Waals surface area contributed by atoms with E-state index < -0.39 is 11.4 Å². The van der Waals surface area contributed by atoms with Crippen molar-refractivity contribution < 1.29 is 14.7 Å². The maximum absolute atomic E-state index is 12.2. The van der Waals surface area contributed by atoms with Crippen LogP contribution < -0.4 is 5.32 Å². The van der Waals surface area contributed by atoms with Crippen LogP contribution in [0.5, 0.6) is 0 Å². The van der Waals surface area contributed by atoms with E-state index in [2.05, 4.69) is 15.5 Å². The number of hydrogen-bond donors (Lipinski definition) is 3. The number of amides is 1. The SMILES string of the molecule is Cc1n[nH]c(C)c1C(=O)NC1CCCC1(C)C(=O)O. The van der Waals surface area contributed by atoms with E-state index in [9.17, 15) is 14.7 Å². The average Bonchev–Trinajstić information content (AvgIpc) is 2.85. The fraction of sp³-hybridized carbons (Fsp3) is 0.615. The summed E-state index contributed by atoms with van der Waals surface area (Å²) < 4.78 is 0. The number of aryl methyl sites for hydroxylation is 2. The lowest BCUT2D eigenvalue weighted by atomic mass is 9.85. The first-order valence-electron chi connectivity index (χ1n) is 6.42. The Balaban J connectivity index is 2.18. The quantitative estimate of drug-likeness (QED) is 0.769. The highest BCUT2D eigenvalue weighted by molar-refractivity contribution is 5.97. The second-order valence-electron chi connectivity index (χ2n) is 5.45. The van der Waals surface area contributed by atoms with E-state index in [4.69, 9.17) is 0 Å². The number of H-pyrrole nitrogens is 1. The second kappa shape index (κ2) is 4.68. The van der Waals surface area contributed by atoms with E-state index in [1.165, 1.54) is 0 Å². The van der Waals surface area contributed by atoms with Crippen molar-refractivity contribution in [3.8, 4) is 0 Å². The molecule has 1 aliphatic carbocycles. The number of hydrogen-bond acceptors (Lipinski definition) is 3. The Kier molecular flexibility index (Phi) is 3.34. The van der Waals surface area contributed by atoms with Crippen LogP contribution in [0.4, 0.5) is 0 Å². The van der Waals surface area contributed by atoms with Gasteiger partial charge in [0.1, 0.15) is 0 Å². The van der Waals surface area contributed by atoms with E-state index in [0.29, 0.717) is 29.8 Å². The molecule has 1 amide bonds. The molecule has 0 bridgehead atoms. The lowest BCUT2D eigenvalue weighted by Gasteiger charge is -2.27. The third-order valence-electron chi connectivity index (χ3n) is 4.11. The number of carbonyl (C=O) groups excluding carboxylic acids is 1. The maximum atomic E-state index is 12.2. The first-order chi connectivity index (χ1) is 8.86. The number of rotatable bonds is 3. The van der Waals surface area contributed by atoms with Crippen LogP contribution in [0.2, 0.25) is 0 Å². The van der Waals surface area contributed by atoms with Crippen LogP contribution in [0.3, 0.4) is 0 Å². The average molecular weight is 265 g/mol. The Morgan fingerprint density at radius 1 is 1.47 bits per heavy atom. The number of carbonyl (C=O) groups is 2. The molecule has 0 saturated heterocycles. The van der Waals surface area contributed by atoms with Gasteiger partial charge in [0, 0.05) is 11.7 Å². The molecule has 19 heavy (non-hydrogen) atoms. The number of aromatic nitrogens is 2. The molecule has 0 aromatic carbocycles. The number of nitrogens with one attached hydrogen (secondary N) is 2. The molecule has 1 saturated carbocycles. The maximum Gasteiger partial charge on any atom is 0.311 e. The van der Waals surface area contributed by atoms with E-state index in [1.54, 1.807) is 20.8 Å². The van der Waals surface area contributed by atoms with Crippen LogP contribution >= 0.6 is 0 Å². The van der Waals surface area contributed by atoms with Gasteiger partial charge in [-0.1, -0.05) is 6.42 Å². The van der Waals surface area contributed by atoms with Gasteiger partial charge < -0.3 is 10.4 Å². The molecule has 0 radical (unpaired) electrons. The van der Waals surface area contributed by atoms with Crippen molar-refractivity contribution in [2.75, 3.05) is 0 Å². The van der Waals surface area contributed by atoms with Gasteiger partial charge in [-0.05, 0) is 33.6 Å². The van der Waals surface area contributed by atoms with Crippen LogP contribution in [0.1, 0.15) is 47.9 Å². The van der Waals surface area contributed by atoms with Crippen LogP contribution in [-0.4, -0.2) is 33.2 Å².